The molecule has 0 atom stereocenters. The van der Waals surface area contributed by atoms with Crippen LogP contribution in [0.4, 0.5) is 21.6 Å². The number of pyridine rings is 1. The standard InChI is InChI=1S/C24H23FIN4O4S/c1-13-21(34-17-6-4-5-16(12-17)29-35(3)33)20(23(31)27-15-8-9-15)22(30(2)24(13)32)28-19-10-7-14(26)11-18(19)25/h4-7,10-12,15,28H,8-9H2,1-3H3,(H,27,31)/q-1. The van der Waals surface area contributed by atoms with Gasteiger partial charge in [-0.05, 0) is 72.7 Å². The molecule has 0 spiro atoms. The van der Waals surface area contributed by atoms with Gasteiger partial charge in [-0.15, -0.1) is 6.26 Å². The fourth-order valence-electron chi connectivity index (χ4n) is 3.47. The largest absolute Gasteiger partial charge is 0.456 e. The summed E-state index contributed by atoms with van der Waals surface area (Å²) in [5.74, 6) is -0.508. The van der Waals surface area contributed by atoms with Gasteiger partial charge < -0.3 is 23.9 Å². The van der Waals surface area contributed by atoms with E-state index in [0.717, 1.165) is 12.8 Å². The number of hydrogen-bond donors (Lipinski definition) is 2. The number of aromatic nitrogens is 1. The molecular weight excluding hydrogens is 586 g/mol. The van der Waals surface area contributed by atoms with Gasteiger partial charge in [-0.3, -0.25) is 14.2 Å². The smallest absolute Gasteiger partial charge is 0.259 e. The molecular formula is C24H23FIN4O4S-. The molecule has 0 aliphatic heterocycles. The summed E-state index contributed by atoms with van der Waals surface area (Å²) in [5, 5.41) is 5.86. The summed E-state index contributed by atoms with van der Waals surface area (Å²) in [6, 6.07) is 11.2. The van der Waals surface area contributed by atoms with Crippen LogP contribution in [0.5, 0.6) is 11.5 Å². The van der Waals surface area contributed by atoms with Crippen LogP contribution in [0.3, 0.4) is 0 Å². The number of carbonyl (C=O) groups is 1. The number of nitrogens with one attached hydrogen (secondary N) is 2. The molecule has 8 nitrogen and oxygen atoms in total. The van der Waals surface area contributed by atoms with E-state index in [2.05, 4.69) is 15.0 Å². The van der Waals surface area contributed by atoms with E-state index >= 15 is 0 Å². The van der Waals surface area contributed by atoms with Gasteiger partial charge in [0.2, 0.25) is 0 Å². The van der Waals surface area contributed by atoms with Crippen molar-refractivity contribution in [2.45, 2.75) is 25.8 Å². The maximum absolute atomic E-state index is 14.7. The van der Waals surface area contributed by atoms with Crippen molar-refractivity contribution in [1.29, 1.82) is 0 Å². The van der Waals surface area contributed by atoms with Crippen LogP contribution >= 0.6 is 22.6 Å². The molecule has 2 aromatic carbocycles. The number of nitrogens with zero attached hydrogens (tertiary/aromatic N) is 2. The zero-order chi connectivity index (χ0) is 25.3. The summed E-state index contributed by atoms with van der Waals surface area (Å²) in [5.41, 5.74) is 0.418. The molecule has 1 amide bonds. The number of carbonyl (C=O) groups excluding carboxylic acids is 1. The molecule has 4 rings (SSSR count). The topological polar surface area (TPSA) is 102 Å². The molecule has 0 saturated heterocycles. The van der Waals surface area contributed by atoms with Gasteiger partial charge in [-0.25, -0.2) is 4.39 Å². The first kappa shape index (κ1) is 25.2. The third kappa shape index (κ3) is 5.84. The van der Waals surface area contributed by atoms with Crippen LogP contribution in [-0.4, -0.2) is 22.8 Å². The van der Waals surface area contributed by atoms with E-state index in [9.17, 15) is 18.2 Å². The van der Waals surface area contributed by atoms with Gasteiger partial charge in [0.25, 0.3) is 11.5 Å². The van der Waals surface area contributed by atoms with E-state index < -0.39 is 27.9 Å². The second-order valence-electron chi connectivity index (χ2n) is 8.15. The third-order valence-corrected chi connectivity index (χ3v) is 6.50. The Kier molecular flexibility index (Phi) is 7.45. The average molecular weight is 609 g/mol. The van der Waals surface area contributed by atoms with Crippen LogP contribution in [-0.2, 0) is 21.9 Å². The summed E-state index contributed by atoms with van der Waals surface area (Å²) < 4.78 is 38.2. The summed E-state index contributed by atoms with van der Waals surface area (Å²) in [7, 11) is 0.0916. The lowest BCUT2D eigenvalue weighted by Crippen LogP contribution is -2.31. The summed E-state index contributed by atoms with van der Waals surface area (Å²) >= 11 is 2.00. The van der Waals surface area contributed by atoms with Crippen LogP contribution in [0.25, 0.3) is 0 Å². The maximum Gasteiger partial charge on any atom is 0.259 e. The Morgan fingerprint density at radius 2 is 2.00 bits per heavy atom. The van der Waals surface area contributed by atoms with Crippen molar-refractivity contribution in [1.82, 2.24) is 9.88 Å². The molecule has 1 aromatic heterocycles. The van der Waals surface area contributed by atoms with E-state index in [4.69, 9.17) is 4.74 Å². The predicted molar refractivity (Wildman–Crippen MR) is 142 cm³/mol. The molecule has 0 bridgehead atoms. The second-order valence-corrected chi connectivity index (χ2v) is 10.4. The van der Waals surface area contributed by atoms with Gasteiger partial charge >= 0.3 is 0 Å². The maximum atomic E-state index is 14.7. The lowest BCUT2D eigenvalue weighted by molar-refractivity contribution is 0.0948. The Hall–Kier alpha value is -2.93. The molecule has 3 aromatic rings. The first-order valence-electron chi connectivity index (χ1n) is 10.7. The quantitative estimate of drug-likeness (QED) is 0.281. The fraction of sp³-hybridized carbons (Fsp3) is 0.250. The Balaban J connectivity index is 1.87. The molecule has 184 valence electrons. The van der Waals surface area contributed by atoms with Gasteiger partial charge in [0, 0.05) is 28.4 Å². The molecule has 1 fully saturated rings. The molecule has 11 heteroatoms. The van der Waals surface area contributed by atoms with Crippen molar-refractivity contribution >= 4 is 56.3 Å². The minimum atomic E-state index is -1.42. The third-order valence-electron chi connectivity index (χ3n) is 5.36. The SMILES string of the molecule is Cc1c(Oc2cccc(N=[S-](C)=O)c2)c(C(=O)NC2CC2)c(Nc2ccc(I)cc2F)n(C)c1=O. The molecule has 1 heterocycles. The summed E-state index contributed by atoms with van der Waals surface area (Å²) in [6.07, 6.45) is 3.17. The van der Waals surface area contributed by atoms with Crippen molar-refractivity contribution in [3.63, 3.8) is 0 Å². The zero-order valence-electron chi connectivity index (χ0n) is 19.2. The highest BCUT2D eigenvalue weighted by Crippen LogP contribution is 2.35. The average Bonchev–Trinajstić information content (AvgIpc) is 3.61. The Bertz CT molecular complexity index is 1460. The van der Waals surface area contributed by atoms with Gasteiger partial charge in [0.1, 0.15) is 22.9 Å². The number of ether oxygens (including phenoxy) is 1. The lowest BCUT2D eigenvalue weighted by Gasteiger charge is -2.21. The molecule has 0 unspecified atom stereocenters. The van der Waals surface area contributed by atoms with E-state index in [1.165, 1.54) is 23.9 Å². The van der Waals surface area contributed by atoms with E-state index in [1.807, 2.05) is 22.6 Å². The van der Waals surface area contributed by atoms with Gasteiger partial charge in [-0.1, -0.05) is 6.07 Å². The Labute approximate surface area is 217 Å². The van der Waals surface area contributed by atoms with Crippen LogP contribution in [0, 0.1) is 16.3 Å². The van der Waals surface area contributed by atoms with Crippen molar-refractivity contribution in [3.05, 3.63) is 73.3 Å². The minimum absolute atomic E-state index is 0.0393. The second kappa shape index (κ2) is 10.4. The fourth-order valence-corrected chi connectivity index (χ4v) is 4.33. The first-order chi connectivity index (χ1) is 16.6. The normalized spacial score (nSPS) is 14.0. The summed E-state index contributed by atoms with van der Waals surface area (Å²) in [4.78, 5) is 26.5. The minimum Gasteiger partial charge on any atom is -0.456 e. The van der Waals surface area contributed by atoms with Crippen LogP contribution in [0.15, 0.2) is 51.6 Å². The Morgan fingerprint density at radius 3 is 2.66 bits per heavy atom. The van der Waals surface area contributed by atoms with Crippen LogP contribution < -0.4 is 20.9 Å². The number of benzene rings is 2. The zero-order valence-corrected chi connectivity index (χ0v) is 22.2. The van der Waals surface area contributed by atoms with Crippen molar-refractivity contribution < 1.29 is 18.1 Å². The van der Waals surface area contributed by atoms with Gasteiger partial charge in [-0.2, -0.15) is 10.6 Å². The highest BCUT2D eigenvalue weighted by Gasteiger charge is 2.30. The van der Waals surface area contributed by atoms with Crippen molar-refractivity contribution in [2.24, 2.45) is 11.4 Å². The number of rotatable bonds is 7. The van der Waals surface area contributed by atoms with Gasteiger partial charge in [0.05, 0.1) is 11.3 Å². The molecule has 2 N–H and O–H groups in total. The number of anilines is 2. The van der Waals surface area contributed by atoms with E-state index in [0.29, 0.717) is 15.0 Å². The molecule has 0 radical (unpaired) electrons. The molecule has 35 heavy (non-hydrogen) atoms. The lowest BCUT2D eigenvalue weighted by atomic mass is 10.1. The van der Waals surface area contributed by atoms with Crippen LogP contribution in [0.2, 0.25) is 0 Å². The first-order valence-corrected chi connectivity index (χ1v) is 13.3. The Morgan fingerprint density at radius 1 is 1.26 bits per heavy atom. The molecule has 1 saturated carbocycles. The van der Waals surface area contributed by atoms with Crippen molar-refractivity contribution in [3.8, 4) is 11.5 Å². The van der Waals surface area contributed by atoms with Crippen molar-refractivity contribution in [2.75, 3.05) is 11.6 Å². The summed E-state index contributed by atoms with van der Waals surface area (Å²) in [6.45, 7) is 1.57. The highest BCUT2D eigenvalue weighted by molar-refractivity contribution is 14.1. The predicted octanol–water partition coefficient (Wildman–Crippen LogP) is 5.27. The van der Waals surface area contributed by atoms with E-state index in [-0.39, 0.29) is 34.4 Å². The number of hydrogen-bond acceptors (Lipinski definition) is 7. The monoisotopic (exact) mass is 609 g/mol. The van der Waals surface area contributed by atoms with Gasteiger partial charge in [0.15, 0.2) is 5.75 Å². The number of halogens is 2. The van der Waals surface area contributed by atoms with E-state index in [1.54, 1.807) is 43.3 Å². The highest BCUT2D eigenvalue weighted by atomic mass is 127. The van der Waals surface area contributed by atoms with Crippen LogP contribution in [0.1, 0.15) is 28.8 Å². The molecule has 1 aliphatic rings. The number of amides is 1. The molecule has 1 aliphatic carbocycles.